The fourth-order valence-electron chi connectivity index (χ4n) is 3.16. The lowest BCUT2D eigenvalue weighted by molar-refractivity contribution is -0.384. The summed E-state index contributed by atoms with van der Waals surface area (Å²) in [7, 11) is 0. The molecule has 0 aliphatic carbocycles. The maximum atomic E-state index is 12.4. The molecule has 0 saturated heterocycles. The average Bonchev–Trinajstić information content (AvgIpc) is 3.28. The van der Waals surface area contributed by atoms with Crippen molar-refractivity contribution >= 4 is 41.2 Å². The number of rotatable bonds is 8. The first-order valence-electron chi connectivity index (χ1n) is 10.4. The lowest BCUT2D eigenvalue weighted by atomic mass is 10.2. The topological polar surface area (TPSA) is 115 Å². The minimum absolute atomic E-state index is 0.0279. The van der Waals surface area contributed by atoms with Gasteiger partial charge in [0.15, 0.2) is 11.0 Å². The Bertz CT molecular complexity index is 1390. The van der Waals surface area contributed by atoms with Crippen LogP contribution >= 0.6 is 23.4 Å². The van der Waals surface area contributed by atoms with Crippen LogP contribution in [0.4, 0.5) is 5.69 Å². The Morgan fingerprint density at radius 3 is 2.60 bits per heavy atom. The standard InChI is InChI=1S/C24H19ClN6O3S/c1-16-7-10-19(11-8-16)30-23(18-5-3-2-4-6-18)28-29-24(30)35-15-22(32)27-26-14-17-9-12-20(25)21(13-17)31(33)34/h2-14H,15H2,1H3,(H,27,32). The first-order chi connectivity index (χ1) is 16.9. The fraction of sp³-hybridized carbons (Fsp3) is 0.0833. The van der Waals surface area contributed by atoms with Gasteiger partial charge in [-0.15, -0.1) is 10.2 Å². The van der Waals surface area contributed by atoms with Crippen LogP contribution in [0.5, 0.6) is 0 Å². The highest BCUT2D eigenvalue weighted by molar-refractivity contribution is 7.99. The Morgan fingerprint density at radius 2 is 1.89 bits per heavy atom. The van der Waals surface area contributed by atoms with Crippen molar-refractivity contribution in [2.45, 2.75) is 12.1 Å². The number of aromatic nitrogens is 3. The molecule has 11 heteroatoms. The quantitative estimate of drug-likeness (QED) is 0.155. The fourth-order valence-corrected chi connectivity index (χ4v) is 4.09. The first-order valence-corrected chi connectivity index (χ1v) is 11.8. The molecule has 35 heavy (non-hydrogen) atoms. The van der Waals surface area contributed by atoms with Crippen LogP contribution in [-0.4, -0.2) is 37.6 Å². The van der Waals surface area contributed by atoms with E-state index >= 15 is 0 Å². The SMILES string of the molecule is Cc1ccc(-n2c(SCC(=O)NN=Cc3ccc(Cl)c([N+](=O)[O-])c3)nnc2-c2ccccc2)cc1. The van der Waals surface area contributed by atoms with Crippen molar-refractivity contribution in [3.05, 3.63) is 99.1 Å². The molecule has 0 aliphatic heterocycles. The second-order valence-electron chi connectivity index (χ2n) is 7.39. The highest BCUT2D eigenvalue weighted by atomic mass is 35.5. The second-order valence-corrected chi connectivity index (χ2v) is 8.74. The van der Waals surface area contributed by atoms with Crippen LogP contribution in [0.15, 0.2) is 83.1 Å². The number of hydrogen-bond donors (Lipinski definition) is 1. The summed E-state index contributed by atoms with van der Waals surface area (Å²) in [6.07, 6.45) is 1.31. The van der Waals surface area contributed by atoms with Crippen LogP contribution in [0.2, 0.25) is 5.02 Å². The van der Waals surface area contributed by atoms with Gasteiger partial charge in [-0.05, 0) is 25.1 Å². The third-order valence-corrected chi connectivity index (χ3v) is 6.11. The van der Waals surface area contributed by atoms with Gasteiger partial charge < -0.3 is 0 Å². The van der Waals surface area contributed by atoms with E-state index in [0.29, 0.717) is 16.5 Å². The Balaban J connectivity index is 1.48. The number of nitro groups is 1. The van der Waals surface area contributed by atoms with Crippen molar-refractivity contribution in [2.75, 3.05) is 5.75 Å². The minimum Gasteiger partial charge on any atom is -0.272 e. The molecule has 1 heterocycles. The second kappa shape index (κ2) is 10.9. The van der Waals surface area contributed by atoms with Crippen LogP contribution in [0.1, 0.15) is 11.1 Å². The van der Waals surface area contributed by atoms with Gasteiger partial charge in [-0.2, -0.15) is 5.10 Å². The van der Waals surface area contributed by atoms with E-state index in [2.05, 4.69) is 20.7 Å². The highest BCUT2D eigenvalue weighted by Crippen LogP contribution is 2.28. The van der Waals surface area contributed by atoms with Gasteiger partial charge in [0.1, 0.15) is 5.02 Å². The third kappa shape index (κ3) is 5.92. The van der Waals surface area contributed by atoms with Gasteiger partial charge in [-0.3, -0.25) is 19.5 Å². The summed E-state index contributed by atoms with van der Waals surface area (Å²) in [5.74, 6) is 0.339. The zero-order chi connectivity index (χ0) is 24.8. The molecule has 3 aromatic carbocycles. The number of halogens is 1. The zero-order valence-corrected chi connectivity index (χ0v) is 20.0. The lowest BCUT2D eigenvalue weighted by Gasteiger charge is -2.10. The molecule has 4 aromatic rings. The number of nitro benzene ring substituents is 1. The summed E-state index contributed by atoms with van der Waals surface area (Å²) in [5, 5.41) is 24.1. The average molecular weight is 507 g/mol. The first kappa shape index (κ1) is 24.1. The molecule has 9 nitrogen and oxygen atoms in total. The Morgan fingerprint density at radius 1 is 1.14 bits per heavy atom. The summed E-state index contributed by atoms with van der Waals surface area (Å²) in [6, 6.07) is 21.9. The molecule has 0 radical (unpaired) electrons. The smallest absolute Gasteiger partial charge is 0.272 e. The lowest BCUT2D eigenvalue weighted by Crippen LogP contribution is -2.20. The number of nitrogens with one attached hydrogen (secondary N) is 1. The largest absolute Gasteiger partial charge is 0.288 e. The number of hydrazone groups is 1. The normalized spacial score (nSPS) is 11.0. The van der Waals surface area contributed by atoms with Crippen LogP contribution in [0, 0.1) is 17.0 Å². The summed E-state index contributed by atoms with van der Waals surface area (Å²) in [6.45, 7) is 2.01. The van der Waals surface area contributed by atoms with E-state index in [9.17, 15) is 14.9 Å². The van der Waals surface area contributed by atoms with Gasteiger partial charge in [0, 0.05) is 22.9 Å². The summed E-state index contributed by atoms with van der Waals surface area (Å²) >= 11 is 7.03. The van der Waals surface area contributed by atoms with Crippen molar-refractivity contribution in [3.8, 4) is 17.1 Å². The Labute approximate surface area is 210 Å². The van der Waals surface area contributed by atoms with E-state index in [-0.39, 0.29) is 22.4 Å². The molecule has 4 rings (SSSR count). The molecule has 1 N–H and O–H groups in total. The maximum absolute atomic E-state index is 12.4. The van der Waals surface area contributed by atoms with Crippen LogP contribution in [-0.2, 0) is 4.79 Å². The summed E-state index contributed by atoms with van der Waals surface area (Å²) in [5.41, 5.74) is 5.52. The molecule has 1 amide bonds. The molecule has 0 saturated carbocycles. The molecule has 176 valence electrons. The molecule has 0 aliphatic rings. The van der Waals surface area contributed by atoms with Gasteiger partial charge in [-0.1, -0.05) is 77.5 Å². The number of aryl methyl sites for hydroxylation is 1. The number of carbonyl (C=O) groups is 1. The minimum atomic E-state index is -0.581. The van der Waals surface area contributed by atoms with Gasteiger partial charge >= 0.3 is 0 Å². The molecule has 0 bridgehead atoms. The van der Waals surface area contributed by atoms with E-state index in [1.54, 1.807) is 6.07 Å². The molecule has 0 atom stereocenters. The molecule has 0 unspecified atom stereocenters. The van der Waals surface area contributed by atoms with E-state index in [4.69, 9.17) is 11.6 Å². The number of amides is 1. The van der Waals surface area contributed by atoms with Crippen LogP contribution in [0.3, 0.4) is 0 Å². The molecule has 1 aromatic heterocycles. The predicted octanol–water partition coefficient (Wildman–Crippen LogP) is 5.05. The number of carbonyl (C=O) groups excluding carboxylic acids is 1. The van der Waals surface area contributed by atoms with E-state index in [0.717, 1.165) is 16.8 Å². The summed E-state index contributed by atoms with van der Waals surface area (Å²) < 4.78 is 1.91. The van der Waals surface area contributed by atoms with E-state index in [1.807, 2.05) is 66.1 Å². The van der Waals surface area contributed by atoms with E-state index in [1.165, 1.54) is 30.1 Å². The van der Waals surface area contributed by atoms with Gasteiger partial charge in [0.25, 0.3) is 11.6 Å². The number of nitrogens with zero attached hydrogens (tertiary/aromatic N) is 5. The monoisotopic (exact) mass is 506 g/mol. The Kier molecular flexibility index (Phi) is 7.54. The number of benzene rings is 3. The van der Waals surface area contributed by atoms with Crippen molar-refractivity contribution in [2.24, 2.45) is 5.10 Å². The number of thioether (sulfide) groups is 1. The maximum Gasteiger partial charge on any atom is 0.288 e. The molecule has 0 fully saturated rings. The van der Waals surface area contributed by atoms with Gasteiger partial charge in [0.2, 0.25) is 0 Å². The van der Waals surface area contributed by atoms with Crippen LogP contribution < -0.4 is 5.43 Å². The van der Waals surface area contributed by atoms with Crippen LogP contribution in [0.25, 0.3) is 17.1 Å². The number of hydrogen-bond acceptors (Lipinski definition) is 7. The highest BCUT2D eigenvalue weighted by Gasteiger charge is 2.17. The van der Waals surface area contributed by atoms with Crippen molar-refractivity contribution < 1.29 is 9.72 Å². The van der Waals surface area contributed by atoms with E-state index < -0.39 is 4.92 Å². The van der Waals surface area contributed by atoms with Crippen molar-refractivity contribution in [1.82, 2.24) is 20.2 Å². The van der Waals surface area contributed by atoms with Gasteiger partial charge in [-0.25, -0.2) is 5.43 Å². The molecule has 0 spiro atoms. The third-order valence-electron chi connectivity index (χ3n) is 4.86. The molecular formula is C24H19ClN6O3S. The Hall–Kier alpha value is -4.02. The summed E-state index contributed by atoms with van der Waals surface area (Å²) in [4.78, 5) is 22.8. The molecular weight excluding hydrogens is 488 g/mol. The zero-order valence-electron chi connectivity index (χ0n) is 18.5. The predicted molar refractivity (Wildman–Crippen MR) is 136 cm³/mol. The van der Waals surface area contributed by atoms with Gasteiger partial charge in [0.05, 0.1) is 16.9 Å². The van der Waals surface area contributed by atoms with Crippen molar-refractivity contribution in [1.29, 1.82) is 0 Å². The van der Waals surface area contributed by atoms with Crippen molar-refractivity contribution in [3.63, 3.8) is 0 Å².